The Morgan fingerprint density at radius 3 is 2.50 bits per heavy atom. The first-order valence-electron chi connectivity index (χ1n) is 3.29. The van der Waals surface area contributed by atoms with E-state index in [2.05, 4.69) is 4.98 Å². The van der Waals surface area contributed by atoms with Gasteiger partial charge in [-0.1, -0.05) is 0 Å². The fraction of sp³-hybridized carbons (Fsp3) is 0.500. The molecule has 1 aromatic heterocycles. The standard InChI is InChI=1S/C6H9N3O3/c1-4-5(9(10)11)7-6(12-3)8(4)2/h1-3H3. The third-order valence-electron chi connectivity index (χ3n) is 1.67. The summed E-state index contributed by atoms with van der Waals surface area (Å²) >= 11 is 0. The third-order valence-corrected chi connectivity index (χ3v) is 1.67. The number of nitro groups is 1. The zero-order valence-electron chi connectivity index (χ0n) is 7.07. The second-order valence-corrected chi connectivity index (χ2v) is 2.32. The van der Waals surface area contributed by atoms with Gasteiger partial charge in [0.05, 0.1) is 7.11 Å². The zero-order chi connectivity index (χ0) is 9.30. The second kappa shape index (κ2) is 2.80. The van der Waals surface area contributed by atoms with E-state index in [0.29, 0.717) is 5.69 Å². The Kier molecular flexibility index (Phi) is 1.99. The SMILES string of the molecule is COc1nc([N+](=O)[O-])c(C)n1C. The lowest BCUT2D eigenvalue weighted by Crippen LogP contribution is -1.96. The Bertz CT molecular complexity index is 318. The van der Waals surface area contributed by atoms with E-state index in [1.807, 2.05) is 0 Å². The summed E-state index contributed by atoms with van der Waals surface area (Å²) in [5.41, 5.74) is 0.483. The molecule has 6 heteroatoms. The van der Waals surface area contributed by atoms with Gasteiger partial charge in [-0.3, -0.25) is 4.57 Å². The maximum absolute atomic E-state index is 10.4. The van der Waals surface area contributed by atoms with Gasteiger partial charge in [-0.25, -0.2) is 0 Å². The molecule has 0 radical (unpaired) electrons. The summed E-state index contributed by atoms with van der Waals surface area (Å²) in [5.74, 6) is -0.158. The molecule has 1 rings (SSSR count). The maximum atomic E-state index is 10.4. The summed E-state index contributed by atoms with van der Waals surface area (Å²) in [6.45, 7) is 1.62. The van der Waals surface area contributed by atoms with Crippen molar-refractivity contribution < 1.29 is 9.66 Å². The van der Waals surface area contributed by atoms with Gasteiger partial charge in [0.15, 0.2) is 0 Å². The lowest BCUT2D eigenvalue weighted by molar-refractivity contribution is -0.390. The van der Waals surface area contributed by atoms with Crippen molar-refractivity contribution in [2.75, 3.05) is 7.11 Å². The topological polar surface area (TPSA) is 70.2 Å². The number of rotatable bonds is 2. The number of ether oxygens (including phenoxy) is 1. The minimum Gasteiger partial charge on any atom is -0.449 e. The Morgan fingerprint density at radius 2 is 2.25 bits per heavy atom. The first-order chi connectivity index (χ1) is 5.57. The van der Waals surface area contributed by atoms with Crippen LogP contribution in [0.4, 0.5) is 5.82 Å². The smallest absolute Gasteiger partial charge is 0.413 e. The van der Waals surface area contributed by atoms with Crippen LogP contribution in [0.15, 0.2) is 0 Å². The van der Waals surface area contributed by atoms with Crippen LogP contribution in [0.5, 0.6) is 6.01 Å². The zero-order valence-corrected chi connectivity index (χ0v) is 7.07. The van der Waals surface area contributed by atoms with Crippen LogP contribution in [0.2, 0.25) is 0 Å². The molecule has 1 heterocycles. The van der Waals surface area contributed by atoms with E-state index in [-0.39, 0.29) is 11.8 Å². The predicted octanol–water partition coefficient (Wildman–Crippen LogP) is 0.645. The number of hydrogen-bond acceptors (Lipinski definition) is 4. The Balaban J connectivity index is 3.25. The highest BCUT2D eigenvalue weighted by Crippen LogP contribution is 2.20. The van der Waals surface area contributed by atoms with Gasteiger partial charge in [-0.15, -0.1) is 0 Å². The molecule has 0 amide bonds. The number of aromatic nitrogens is 2. The fourth-order valence-electron chi connectivity index (χ4n) is 0.895. The van der Waals surface area contributed by atoms with Gasteiger partial charge in [0.2, 0.25) is 0 Å². The van der Waals surface area contributed by atoms with Crippen molar-refractivity contribution in [2.24, 2.45) is 7.05 Å². The number of imidazole rings is 1. The Hall–Kier alpha value is -1.59. The summed E-state index contributed by atoms with van der Waals surface area (Å²) in [5, 5.41) is 10.4. The molecular formula is C6H9N3O3. The van der Waals surface area contributed by atoms with Crippen LogP contribution in [0, 0.1) is 17.0 Å². The van der Waals surface area contributed by atoms with Crippen molar-refractivity contribution in [3.8, 4) is 6.01 Å². The van der Waals surface area contributed by atoms with Crippen molar-refractivity contribution in [1.82, 2.24) is 9.55 Å². The molecule has 0 aliphatic rings. The highest BCUT2D eigenvalue weighted by atomic mass is 16.6. The molecule has 0 bridgehead atoms. The number of hydrogen-bond donors (Lipinski definition) is 0. The first kappa shape index (κ1) is 8.51. The van der Waals surface area contributed by atoms with Crippen LogP contribution in [-0.2, 0) is 7.05 Å². The van der Waals surface area contributed by atoms with Gasteiger partial charge >= 0.3 is 11.8 Å². The quantitative estimate of drug-likeness (QED) is 0.483. The van der Waals surface area contributed by atoms with E-state index in [1.54, 1.807) is 14.0 Å². The summed E-state index contributed by atoms with van der Waals surface area (Å²) in [4.78, 5) is 13.5. The molecule has 0 unspecified atom stereocenters. The van der Waals surface area contributed by atoms with E-state index in [9.17, 15) is 10.1 Å². The molecule has 0 aromatic carbocycles. The van der Waals surface area contributed by atoms with E-state index in [0.717, 1.165) is 0 Å². The van der Waals surface area contributed by atoms with Crippen LogP contribution in [0.3, 0.4) is 0 Å². The van der Waals surface area contributed by atoms with Crippen molar-refractivity contribution in [3.05, 3.63) is 15.8 Å². The Morgan fingerprint density at radius 1 is 1.67 bits per heavy atom. The molecule has 66 valence electrons. The highest BCUT2D eigenvalue weighted by molar-refractivity contribution is 5.30. The van der Waals surface area contributed by atoms with Crippen LogP contribution in [0.1, 0.15) is 5.69 Å². The largest absolute Gasteiger partial charge is 0.449 e. The highest BCUT2D eigenvalue weighted by Gasteiger charge is 2.22. The van der Waals surface area contributed by atoms with Crippen LogP contribution in [0.25, 0.3) is 0 Å². The molecule has 0 N–H and O–H groups in total. The minimum absolute atomic E-state index is 0.158. The molecule has 0 aliphatic heterocycles. The monoisotopic (exact) mass is 171 g/mol. The van der Waals surface area contributed by atoms with Gasteiger partial charge in [-0.2, -0.15) is 0 Å². The molecule has 0 saturated carbocycles. The predicted molar refractivity (Wildman–Crippen MR) is 41.2 cm³/mol. The molecule has 0 fully saturated rings. The molecule has 6 nitrogen and oxygen atoms in total. The molecule has 0 atom stereocenters. The number of nitrogens with zero attached hydrogens (tertiary/aromatic N) is 3. The lowest BCUT2D eigenvalue weighted by Gasteiger charge is -1.94. The van der Waals surface area contributed by atoms with Crippen LogP contribution in [-0.4, -0.2) is 21.6 Å². The molecule has 12 heavy (non-hydrogen) atoms. The summed E-state index contributed by atoms with van der Waals surface area (Å²) in [6.07, 6.45) is 0. The Labute approximate surface area is 68.9 Å². The summed E-state index contributed by atoms with van der Waals surface area (Å²) in [6, 6.07) is 0.249. The van der Waals surface area contributed by atoms with Gasteiger partial charge < -0.3 is 14.9 Å². The molecule has 0 spiro atoms. The van der Waals surface area contributed by atoms with Crippen molar-refractivity contribution in [2.45, 2.75) is 6.92 Å². The average molecular weight is 171 g/mol. The summed E-state index contributed by atoms with van der Waals surface area (Å²) in [7, 11) is 3.08. The van der Waals surface area contributed by atoms with Crippen LogP contribution < -0.4 is 4.74 Å². The second-order valence-electron chi connectivity index (χ2n) is 2.32. The van der Waals surface area contributed by atoms with Gasteiger partial charge in [0.1, 0.15) is 5.69 Å². The molecule has 0 aliphatic carbocycles. The van der Waals surface area contributed by atoms with E-state index < -0.39 is 4.92 Å². The molecule has 0 saturated heterocycles. The molecule has 1 aromatic rings. The van der Waals surface area contributed by atoms with Crippen LogP contribution >= 0.6 is 0 Å². The van der Waals surface area contributed by atoms with Crippen molar-refractivity contribution >= 4 is 5.82 Å². The van der Waals surface area contributed by atoms with Crippen molar-refractivity contribution in [1.29, 1.82) is 0 Å². The van der Waals surface area contributed by atoms with E-state index in [4.69, 9.17) is 4.74 Å². The normalized spacial score (nSPS) is 9.92. The van der Waals surface area contributed by atoms with Gasteiger partial charge in [-0.05, 0) is 11.8 Å². The van der Waals surface area contributed by atoms with Gasteiger partial charge in [0, 0.05) is 12.0 Å². The lowest BCUT2D eigenvalue weighted by atomic mass is 10.5. The maximum Gasteiger partial charge on any atom is 0.413 e. The molecular weight excluding hydrogens is 162 g/mol. The average Bonchev–Trinajstić information content (AvgIpc) is 2.30. The summed E-state index contributed by atoms with van der Waals surface area (Å²) < 4.78 is 6.33. The first-order valence-corrected chi connectivity index (χ1v) is 3.29. The third kappa shape index (κ3) is 1.11. The van der Waals surface area contributed by atoms with Crippen molar-refractivity contribution in [3.63, 3.8) is 0 Å². The number of methoxy groups -OCH3 is 1. The van der Waals surface area contributed by atoms with E-state index >= 15 is 0 Å². The van der Waals surface area contributed by atoms with E-state index in [1.165, 1.54) is 11.7 Å². The minimum atomic E-state index is -0.530. The van der Waals surface area contributed by atoms with Gasteiger partial charge in [0.25, 0.3) is 0 Å². The fourth-order valence-corrected chi connectivity index (χ4v) is 0.895.